The number of pyridine rings is 1. The van der Waals surface area contributed by atoms with Crippen molar-refractivity contribution >= 4 is 11.7 Å². The zero-order valence-corrected chi connectivity index (χ0v) is 13.8. The van der Waals surface area contributed by atoms with E-state index in [1.807, 2.05) is 20.8 Å². The Balaban J connectivity index is 3.05. The van der Waals surface area contributed by atoms with Gasteiger partial charge in [0, 0.05) is 12.1 Å². The van der Waals surface area contributed by atoms with E-state index < -0.39 is 22.1 Å². The summed E-state index contributed by atoms with van der Waals surface area (Å²) < 4.78 is 10.7. The van der Waals surface area contributed by atoms with Crippen LogP contribution in [0.3, 0.4) is 0 Å². The number of hydrogen-bond acceptors (Lipinski definition) is 6. The van der Waals surface area contributed by atoms with Gasteiger partial charge in [-0.15, -0.1) is 0 Å². The van der Waals surface area contributed by atoms with Crippen molar-refractivity contribution in [3.05, 3.63) is 27.9 Å². The fourth-order valence-electron chi connectivity index (χ4n) is 1.66. The fraction of sp³-hybridized carbons (Fsp3) is 0.600. The molecule has 0 radical (unpaired) electrons. The van der Waals surface area contributed by atoms with E-state index in [2.05, 4.69) is 4.98 Å². The highest BCUT2D eigenvalue weighted by atomic mass is 16.6. The summed E-state index contributed by atoms with van der Waals surface area (Å²) in [6.07, 6.45) is -0.283. The van der Waals surface area contributed by atoms with Crippen LogP contribution in [-0.2, 0) is 16.0 Å². The third-order valence-electron chi connectivity index (χ3n) is 2.26. The van der Waals surface area contributed by atoms with E-state index in [4.69, 9.17) is 9.47 Å². The molecule has 0 aliphatic carbocycles. The molecule has 7 heteroatoms. The first-order valence-corrected chi connectivity index (χ1v) is 6.92. The molecular formula is C15H22N2O5. The summed E-state index contributed by atoms with van der Waals surface area (Å²) in [6, 6.07) is 2.70. The Morgan fingerprint density at radius 1 is 1.18 bits per heavy atom. The molecule has 0 saturated heterocycles. The van der Waals surface area contributed by atoms with Gasteiger partial charge in [-0.2, -0.15) is 0 Å². The van der Waals surface area contributed by atoms with E-state index in [1.54, 1.807) is 20.8 Å². The number of hydrogen-bond donors (Lipinski definition) is 0. The van der Waals surface area contributed by atoms with Crippen LogP contribution in [0.25, 0.3) is 0 Å². The molecule has 0 bridgehead atoms. The molecule has 1 aromatic heterocycles. The van der Waals surface area contributed by atoms with Crippen molar-refractivity contribution < 1.29 is 19.2 Å². The molecule has 0 fully saturated rings. The van der Waals surface area contributed by atoms with Crippen molar-refractivity contribution in [3.8, 4) is 5.88 Å². The normalized spacial score (nSPS) is 11.9. The Hall–Kier alpha value is -2.18. The average molecular weight is 310 g/mol. The van der Waals surface area contributed by atoms with E-state index in [0.29, 0.717) is 0 Å². The molecule has 0 atom stereocenters. The lowest BCUT2D eigenvalue weighted by atomic mass is 10.2. The van der Waals surface area contributed by atoms with Gasteiger partial charge >= 0.3 is 5.97 Å². The van der Waals surface area contributed by atoms with Crippen molar-refractivity contribution in [2.75, 3.05) is 0 Å². The molecule has 0 unspecified atom stereocenters. The summed E-state index contributed by atoms with van der Waals surface area (Å²) in [5.41, 5.74) is -1.36. The van der Waals surface area contributed by atoms with Gasteiger partial charge in [0.15, 0.2) is 0 Å². The maximum absolute atomic E-state index is 11.9. The van der Waals surface area contributed by atoms with Gasteiger partial charge in [0.25, 0.3) is 5.69 Å². The van der Waals surface area contributed by atoms with Gasteiger partial charge in [-0.1, -0.05) is 0 Å². The third-order valence-corrected chi connectivity index (χ3v) is 2.26. The first kappa shape index (κ1) is 17.9. The fourth-order valence-corrected chi connectivity index (χ4v) is 1.66. The highest BCUT2D eigenvalue weighted by molar-refractivity contribution is 5.73. The minimum Gasteiger partial charge on any atom is -0.472 e. The van der Waals surface area contributed by atoms with Gasteiger partial charge in [-0.3, -0.25) is 14.9 Å². The largest absolute Gasteiger partial charge is 0.472 e. The number of nitrogens with zero attached hydrogens (tertiary/aromatic N) is 2. The number of carbonyl (C=O) groups is 1. The Bertz CT molecular complexity index is 570. The Labute approximate surface area is 129 Å². The van der Waals surface area contributed by atoms with Gasteiger partial charge in [-0.05, 0) is 41.5 Å². The van der Waals surface area contributed by atoms with E-state index in [-0.39, 0.29) is 23.7 Å². The zero-order chi connectivity index (χ0) is 17.1. The lowest BCUT2D eigenvalue weighted by Crippen LogP contribution is -2.26. The summed E-state index contributed by atoms with van der Waals surface area (Å²) >= 11 is 0. The number of aromatic nitrogens is 1. The molecule has 0 amide bonds. The minimum atomic E-state index is -0.661. The smallest absolute Gasteiger partial charge is 0.312 e. The minimum absolute atomic E-state index is 0.0287. The molecule has 1 aromatic rings. The Morgan fingerprint density at radius 3 is 2.23 bits per heavy atom. The van der Waals surface area contributed by atoms with Crippen LogP contribution >= 0.6 is 0 Å². The average Bonchev–Trinajstić information content (AvgIpc) is 2.23. The molecule has 0 N–H and O–H groups in total. The second-order valence-electron chi connectivity index (χ2n) is 6.85. The Morgan fingerprint density at radius 2 is 1.77 bits per heavy atom. The number of carbonyl (C=O) groups excluding carboxylic acids is 1. The number of rotatable bonds is 4. The van der Waals surface area contributed by atoms with E-state index in [9.17, 15) is 14.9 Å². The molecule has 0 aromatic carbocycles. The van der Waals surface area contributed by atoms with E-state index in [1.165, 1.54) is 12.1 Å². The van der Waals surface area contributed by atoms with Crippen LogP contribution in [0, 0.1) is 10.1 Å². The van der Waals surface area contributed by atoms with Crippen LogP contribution in [-0.4, -0.2) is 27.1 Å². The predicted octanol–water partition coefficient (Wildman–Crippen LogP) is 3.05. The number of nitro groups is 1. The lowest BCUT2D eigenvalue weighted by molar-refractivity contribution is -0.385. The Kier molecular flexibility index (Phi) is 5.11. The monoisotopic (exact) mass is 310 g/mol. The quantitative estimate of drug-likeness (QED) is 0.482. The first-order valence-electron chi connectivity index (χ1n) is 6.92. The molecule has 0 saturated carbocycles. The third kappa shape index (κ3) is 6.07. The molecule has 122 valence electrons. The molecule has 7 nitrogen and oxygen atoms in total. The topological polar surface area (TPSA) is 91.6 Å². The van der Waals surface area contributed by atoms with Crippen LogP contribution < -0.4 is 4.74 Å². The maximum Gasteiger partial charge on any atom is 0.312 e. The van der Waals surface area contributed by atoms with Crippen LogP contribution in [0.4, 0.5) is 5.69 Å². The number of esters is 1. The van der Waals surface area contributed by atoms with Crippen LogP contribution in [0.15, 0.2) is 12.1 Å². The lowest BCUT2D eigenvalue weighted by Gasteiger charge is -2.21. The molecule has 0 aliphatic heterocycles. The zero-order valence-electron chi connectivity index (χ0n) is 13.8. The van der Waals surface area contributed by atoms with Crippen molar-refractivity contribution in [2.24, 2.45) is 0 Å². The van der Waals surface area contributed by atoms with Gasteiger partial charge in [0.1, 0.15) is 16.9 Å². The van der Waals surface area contributed by atoms with Gasteiger partial charge in [0.2, 0.25) is 5.88 Å². The van der Waals surface area contributed by atoms with Crippen molar-refractivity contribution in [3.63, 3.8) is 0 Å². The summed E-state index contributed by atoms with van der Waals surface area (Å²) in [5.74, 6) is -0.340. The van der Waals surface area contributed by atoms with Gasteiger partial charge < -0.3 is 9.47 Å². The summed E-state index contributed by atoms with van der Waals surface area (Å²) in [4.78, 5) is 26.4. The second kappa shape index (κ2) is 6.29. The molecule has 0 spiro atoms. The predicted molar refractivity (Wildman–Crippen MR) is 80.8 cm³/mol. The van der Waals surface area contributed by atoms with E-state index >= 15 is 0 Å². The number of ether oxygens (including phenoxy) is 2. The molecule has 22 heavy (non-hydrogen) atoms. The SMILES string of the molecule is CC(C)(C)OC(=O)Cc1nc(OC(C)(C)C)ccc1[N+](=O)[O-]. The summed E-state index contributed by atoms with van der Waals surface area (Å²) in [5, 5.41) is 11.1. The van der Waals surface area contributed by atoms with Gasteiger partial charge in [-0.25, -0.2) is 4.98 Å². The highest BCUT2D eigenvalue weighted by Crippen LogP contribution is 2.24. The molecular weight excluding hydrogens is 288 g/mol. The molecule has 1 rings (SSSR count). The highest BCUT2D eigenvalue weighted by Gasteiger charge is 2.24. The maximum atomic E-state index is 11.9. The van der Waals surface area contributed by atoms with Crippen molar-refractivity contribution in [1.29, 1.82) is 0 Å². The van der Waals surface area contributed by atoms with Crippen molar-refractivity contribution in [2.45, 2.75) is 59.2 Å². The van der Waals surface area contributed by atoms with Crippen molar-refractivity contribution in [1.82, 2.24) is 4.98 Å². The van der Waals surface area contributed by atoms with Crippen LogP contribution in [0.1, 0.15) is 47.2 Å². The second-order valence-corrected chi connectivity index (χ2v) is 6.85. The van der Waals surface area contributed by atoms with Crippen LogP contribution in [0.5, 0.6) is 5.88 Å². The summed E-state index contributed by atoms with van der Waals surface area (Å²) in [6.45, 7) is 10.7. The van der Waals surface area contributed by atoms with Crippen LogP contribution in [0.2, 0.25) is 0 Å². The first-order chi connectivity index (χ1) is 9.87. The summed E-state index contributed by atoms with van der Waals surface area (Å²) in [7, 11) is 0. The molecule has 1 heterocycles. The molecule has 0 aliphatic rings. The van der Waals surface area contributed by atoms with Gasteiger partial charge in [0.05, 0.1) is 11.3 Å². The standard InChI is InChI=1S/C15H22N2O5/c1-14(2,3)21-12-8-7-11(17(19)20)10(16-12)9-13(18)22-15(4,5)6/h7-8H,9H2,1-6H3. The van der Waals surface area contributed by atoms with E-state index in [0.717, 1.165) is 0 Å².